The maximum Gasteiger partial charge on any atom is 0.123 e. The fourth-order valence-electron chi connectivity index (χ4n) is 3.62. The normalized spacial score (nSPS) is 29.3. The SMILES string of the molecule is CN(C)C[C@H]1CC[C@]2(COCCN(Cc3ccc(F)cc3)C2)O1. The van der Waals surface area contributed by atoms with Crippen LogP contribution in [0.2, 0.25) is 0 Å². The molecule has 0 radical (unpaired) electrons. The Morgan fingerprint density at radius 2 is 2.09 bits per heavy atom. The molecule has 23 heavy (non-hydrogen) atoms. The predicted molar refractivity (Wildman–Crippen MR) is 87.9 cm³/mol. The zero-order valence-electron chi connectivity index (χ0n) is 14.1. The lowest BCUT2D eigenvalue weighted by molar-refractivity contribution is -0.0902. The molecule has 0 bridgehead atoms. The molecule has 1 spiro atoms. The van der Waals surface area contributed by atoms with E-state index in [4.69, 9.17) is 9.47 Å². The van der Waals surface area contributed by atoms with Crippen molar-refractivity contribution in [3.8, 4) is 0 Å². The minimum absolute atomic E-state index is 0.183. The smallest absolute Gasteiger partial charge is 0.123 e. The van der Waals surface area contributed by atoms with E-state index in [0.717, 1.165) is 51.2 Å². The molecule has 2 atom stereocenters. The molecule has 1 aromatic rings. The Hall–Kier alpha value is -1.01. The van der Waals surface area contributed by atoms with Gasteiger partial charge in [-0.15, -0.1) is 0 Å². The van der Waals surface area contributed by atoms with Crippen molar-refractivity contribution >= 4 is 0 Å². The number of benzene rings is 1. The molecular weight excluding hydrogens is 295 g/mol. The fourth-order valence-corrected chi connectivity index (χ4v) is 3.62. The average molecular weight is 322 g/mol. The Morgan fingerprint density at radius 3 is 2.83 bits per heavy atom. The van der Waals surface area contributed by atoms with Crippen LogP contribution in [0.5, 0.6) is 0 Å². The van der Waals surface area contributed by atoms with Crippen LogP contribution in [-0.2, 0) is 16.0 Å². The zero-order valence-corrected chi connectivity index (χ0v) is 14.1. The zero-order chi connectivity index (χ0) is 16.3. The summed E-state index contributed by atoms with van der Waals surface area (Å²) in [6.07, 6.45) is 2.43. The van der Waals surface area contributed by atoms with E-state index in [1.807, 2.05) is 12.1 Å². The lowest BCUT2D eigenvalue weighted by atomic mass is 9.99. The number of nitrogens with zero attached hydrogens (tertiary/aromatic N) is 2. The van der Waals surface area contributed by atoms with E-state index >= 15 is 0 Å². The molecule has 0 aromatic heterocycles. The van der Waals surface area contributed by atoms with E-state index < -0.39 is 0 Å². The molecule has 2 aliphatic rings. The predicted octanol–water partition coefficient (Wildman–Crippen LogP) is 2.14. The lowest BCUT2D eigenvalue weighted by Crippen LogP contribution is -2.45. The summed E-state index contributed by atoms with van der Waals surface area (Å²) < 4.78 is 25.3. The van der Waals surface area contributed by atoms with Crippen LogP contribution in [0, 0.1) is 5.82 Å². The van der Waals surface area contributed by atoms with E-state index in [-0.39, 0.29) is 11.4 Å². The number of rotatable bonds is 4. The molecule has 0 N–H and O–H groups in total. The van der Waals surface area contributed by atoms with Gasteiger partial charge in [0.25, 0.3) is 0 Å². The van der Waals surface area contributed by atoms with Crippen LogP contribution in [0.25, 0.3) is 0 Å². The average Bonchev–Trinajstić information content (AvgIpc) is 2.76. The summed E-state index contributed by atoms with van der Waals surface area (Å²) in [6, 6.07) is 6.77. The lowest BCUT2D eigenvalue weighted by Gasteiger charge is -2.32. The monoisotopic (exact) mass is 322 g/mol. The first-order valence-electron chi connectivity index (χ1n) is 8.42. The Bertz CT molecular complexity index is 508. The molecule has 1 aromatic carbocycles. The molecule has 2 saturated heterocycles. The standard InChI is InChI=1S/C18H27FN2O2/c1-20(2)12-17-7-8-18(23-17)13-21(9-10-22-14-18)11-15-3-5-16(19)6-4-15/h3-6,17H,7-14H2,1-2H3/t17-,18+/m1/s1. The van der Waals surface area contributed by atoms with Crippen LogP contribution in [0.15, 0.2) is 24.3 Å². The van der Waals surface area contributed by atoms with Gasteiger partial charge in [-0.25, -0.2) is 4.39 Å². The van der Waals surface area contributed by atoms with Gasteiger partial charge in [0.1, 0.15) is 11.4 Å². The summed E-state index contributed by atoms with van der Waals surface area (Å²) in [5, 5.41) is 0. The highest BCUT2D eigenvalue weighted by atomic mass is 19.1. The molecule has 128 valence electrons. The number of hydrogen-bond acceptors (Lipinski definition) is 4. The van der Waals surface area contributed by atoms with Crippen molar-refractivity contribution in [2.24, 2.45) is 0 Å². The van der Waals surface area contributed by atoms with E-state index in [1.165, 1.54) is 12.1 Å². The summed E-state index contributed by atoms with van der Waals surface area (Å²) in [5.74, 6) is -0.185. The van der Waals surface area contributed by atoms with E-state index in [0.29, 0.717) is 12.7 Å². The van der Waals surface area contributed by atoms with Crippen molar-refractivity contribution in [1.82, 2.24) is 9.80 Å². The Balaban J connectivity index is 1.63. The van der Waals surface area contributed by atoms with Gasteiger partial charge in [-0.3, -0.25) is 4.90 Å². The third-order valence-corrected chi connectivity index (χ3v) is 4.66. The molecule has 2 heterocycles. The minimum atomic E-state index is -0.185. The third-order valence-electron chi connectivity index (χ3n) is 4.66. The van der Waals surface area contributed by atoms with Gasteiger partial charge in [0.2, 0.25) is 0 Å². The van der Waals surface area contributed by atoms with Crippen molar-refractivity contribution in [3.05, 3.63) is 35.6 Å². The van der Waals surface area contributed by atoms with Crippen LogP contribution >= 0.6 is 0 Å². The second-order valence-corrected chi connectivity index (χ2v) is 7.11. The maximum absolute atomic E-state index is 13.1. The molecule has 5 heteroatoms. The number of halogens is 1. The van der Waals surface area contributed by atoms with Crippen molar-refractivity contribution < 1.29 is 13.9 Å². The summed E-state index contributed by atoms with van der Waals surface area (Å²) in [4.78, 5) is 4.55. The summed E-state index contributed by atoms with van der Waals surface area (Å²) in [7, 11) is 4.16. The molecule has 0 amide bonds. The maximum atomic E-state index is 13.1. The number of ether oxygens (including phenoxy) is 2. The summed E-state index contributed by atoms with van der Waals surface area (Å²) in [5.41, 5.74) is 0.947. The van der Waals surface area contributed by atoms with Crippen LogP contribution in [0.3, 0.4) is 0 Å². The third kappa shape index (κ3) is 4.51. The van der Waals surface area contributed by atoms with Crippen molar-refractivity contribution in [3.63, 3.8) is 0 Å². The van der Waals surface area contributed by atoms with Gasteiger partial charge in [0.15, 0.2) is 0 Å². The highest BCUT2D eigenvalue weighted by molar-refractivity contribution is 5.16. The van der Waals surface area contributed by atoms with Gasteiger partial charge in [0, 0.05) is 26.2 Å². The summed E-state index contributed by atoms with van der Waals surface area (Å²) in [6.45, 7) is 4.95. The molecule has 2 aliphatic heterocycles. The molecular formula is C18H27FN2O2. The highest BCUT2D eigenvalue weighted by Crippen LogP contribution is 2.33. The van der Waals surface area contributed by atoms with E-state index in [2.05, 4.69) is 23.9 Å². The fraction of sp³-hybridized carbons (Fsp3) is 0.667. The highest BCUT2D eigenvalue weighted by Gasteiger charge is 2.43. The van der Waals surface area contributed by atoms with Gasteiger partial charge >= 0.3 is 0 Å². The van der Waals surface area contributed by atoms with Gasteiger partial charge in [-0.05, 0) is 44.6 Å². The number of likely N-dealkylation sites (N-methyl/N-ethyl adjacent to an activating group) is 1. The van der Waals surface area contributed by atoms with Crippen LogP contribution < -0.4 is 0 Å². The van der Waals surface area contributed by atoms with Crippen molar-refractivity contribution in [1.29, 1.82) is 0 Å². The molecule has 4 nitrogen and oxygen atoms in total. The first-order valence-corrected chi connectivity index (χ1v) is 8.42. The van der Waals surface area contributed by atoms with Crippen LogP contribution in [-0.4, -0.2) is 68.4 Å². The van der Waals surface area contributed by atoms with Gasteiger partial charge < -0.3 is 14.4 Å². The molecule has 2 fully saturated rings. The number of hydrogen-bond donors (Lipinski definition) is 0. The topological polar surface area (TPSA) is 24.9 Å². The largest absolute Gasteiger partial charge is 0.377 e. The summed E-state index contributed by atoms with van der Waals surface area (Å²) >= 11 is 0. The van der Waals surface area contributed by atoms with Gasteiger partial charge in [0.05, 0.1) is 19.3 Å². The minimum Gasteiger partial charge on any atom is -0.377 e. The van der Waals surface area contributed by atoms with E-state index in [1.54, 1.807) is 0 Å². The first kappa shape index (κ1) is 16.8. The van der Waals surface area contributed by atoms with Crippen molar-refractivity contribution in [2.45, 2.75) is 31.1 Å². The Morgan fingerprint density at radius 1 is 1.30 bits per heavy atom. The Labute approximate surface area is 138 Å². The van der Waals surface area contributed by atoms with Gasteiger partial charge in [-0.2, -0.15) is 0 Å². The molecule has 0 aliphatic carbocycles. The molecule has 3 rings (SSSR count). The van der Waals surface area contributed by atoms with E-state index in [9.17, 15) is 4.39 Å². The second-order valence-electron chi connectivity index (χ2n) is 7.11. The molecule has 0 unspecified atom stereocenters. The van der Waals surface area contributed by atoms with Crippen LogP contribution in [0.4, 0.5) is 4.39 Å². The quantitative estimate of drug-likeness (QED) is 0.848. The first-order chi connectivity index (χ1) is 11.0. The Kier molecular flexibility index (Phi) is 5.31. The van der Waals surface area contributed by atoms with Gasteiger partial charge in [-0.1, -0.05) is 12.1 Å². The molecule has 0 saturated carbocycles. The van der Waals surface area contributed by atoms with Crippen LogP contribution in [0.1, 0.15) is 18.4 Å². The van der Waals surface area contributed by atoms with Crippen molar-refractivity contribution in [2.75, 3.05) is 46.9 Å². The second kappa shape index (κ2) is 7.26.